The minimum Gasteiger partial charge on any atom is -0.480 e. The van der Waals surface area contributed by atoms with Gasteiger partial charge in [0.2, 0.25) is 5.91 Å². The largest absolute Gasteiger partial charge is 0.480 e. The molecule has 0 atom stereocenters. The lowest BCUT2D eigenvalue weighted by Crippen LogP contribution is -2.43. The van der Waals surface area contributed by atoms with E-state index in [9.17, 15) is 9.59 Å². The summed E-state index contributed by atoms with van der Waals surface area (Å²) < 4.78 is 0. The second-order valence-corrected chi connectivity index (χ2v) is 6.77. The Bertz CT molecular complexity index is 539. The molecule has 0 aromatic carbocycles. The molecule has 0 spiro atoms. The van der Waals surface area contributed by atoms with Gasteiger partial charge in [0.05, 0.1) is 0 Å². The van der Waals surface area contributed by atoms with Crippen LogP contribution < -0.4 is 5.32 Å². The van der Waals surface area contributed by atoms with E-state index >= 15 is 0 Å². The number of likely N-dealkylation sites (N-methyl/N-ethyl adjacent to an activating group) is 1. The van der Waals surface area contributed by atoms with Crippen molar-refractivity contribution in [3.05, 3.63) is 36.5 Å². The van der Waals surface area contributed by atoms with Crippen LogP contribution >= 0.6 is 0 Å². The molecule has 0 heterocycles. The number of carbonyl (C=O) groups is 2. The molecule has 158 valence electrons. The van der Waals surface area contributed by atoms with Crippen molar-refractivity contribution in [2.75, 3.05) is 13.6 Å². The van der Waals surface area contributed by atoms with Crippen molar-refractivity contribution in [2.24, 2.45) is 0 Å². The van der Waals surface area contributed by atoms with Gasteiger partial charge in [-0.1, -0.05) is 56.2 Å². The number of rotatable bonds is 15. The van der Waals surface area contributed by atoms with Gasteiger partial charge in [-0.3, -0.25) is 20.3 Å². The first-order chi connectivity index (χ1) is 13.5. The number of carbonyl (C=O) groups excluding carboxylic acids is 1. The molecule has 0 aliphatic carbocycles. The summed E-state index contributed by atoms with van der Waals surface area (Å²) in [4.78, 5) is 23.5. The fraction of sp³-hybridized carbons (Fsp3) is 0.591. The summed E-state index contributed by atoms with van der Waals surface area (Å²) in [5, 5.41) is 18.7. The van der Waals surface area contributed by atoms with Crippen LogP contribution in [0.15, 0.2) is 36.5 Å². The summed E-state index contributed by atoms with van der Waals surface area (Å²) in [6.07, 6.45) is 23.0. The first-order valence-electron chi connectivity index (χ1n) is 10.2. The van der Waals surface area contributed by atoms with E-state index in [4.69, 9.17) is 10.5 Å². The third-order valence-corrected chi connectivity index (χ3v) is 4.06. The van der Waals surface area contributed by atoms with E-state index < -0.39 is 5.97 Å². The van der Waals surface area contributed by atoms with Gasteiger partial charge in [0.1, 0.15) is 6.54 Å². The fourth-order valence-electron chi connectivity index (χ4n) is 2.41. The Kier molecular flexibility index (Phi) is 16.5. The van der Waals surface area contributed by atoms with Crippen molar-refractivity contribution in [2.45, 2.75) is 71.1 Å². The van der Waals surface area contributed by atoms with Gasteiger partial charge in [0.15, 0.2) is 5.96 Å². The first kappa shape index (κ1) is 25.6. The van der Waals surface area contributed by atoms with Gasteiger partial charge in [0.25, 0.3) is 0 Å². The van der Waals surface area contributed by atoms with Gasteiger partial charge >= 0.3 is 5.97 Å². The van der Waals surface area contributed by atoms with E-state index in [1.807, 2.05) is 0 Å². The number of nitrogens with zero attached hydrogens (tertiary/aromatic N) is 1. The molecule has 0 aromatic rings. The lowest BCUT2D eigenvalue weighted by Gasteiger charge is -2.17. The number of amides is 1. The molecule has 1 amide bonds. The minimum atomic E-state index is -1.04. The molecule has 0 rings (SSSR count). The number of nitrogens with one attached hydrogen (secondary N) is 2. The van der Waals surface area contributed by atoms with Gasteiger partial charge < -0.3 is 10.0 Å². The van der Waals surface area contributed by atoms with Crippen LogP contribution in [0, 0.1) is 5.41 Å². The molecule has 0 aliphatic rings. The summed E-state index contributed by atoms with van der Waals surface area (Å²) in [6, 6.07) is 0. The van der Waals surface area contributed by atoms with Crippen molar-refractivity contribution in [1.29, 1.82) is 5.41 Å². The Labute approximate surface area is 169 Å². The Balaban J connectivity index is 3.64. The number of carboxylic acids is 1. The van der Waals surface area contributed by atoms with E-state index in [1.165, 1.54) is 37.6 Å². The Morgan fingerprint density at radius 3 is 2.00 bits per heavy atom. The monoisotopic (exact) mass is 391 g/mol. The molecule has 6 heteroatoms. The first-order valence-corrected chi connectivity index (χ1v) is 10.2. The van der Waals surface area contributed by atoms with Crippen molar-refractivity contribution in [3.63, 3.8) is 0 Å². The summed E-state index contributed by atoms with van der Waals surface area (Å²) in [5.41, 5.74) is 0. The molecule has 0 fully saturated rings. The molecule has 0 saturated carbocycles. The zero-order chi connectivity index (χ0) is 21.0. The van der Waals surface area contributed by atoms with Crippen LogP contribution in [0.25, 0.3) is 0 Å². The summed E-state index contributed by atoms with van der Waals surface area (Å²) in [5.74, 6) is -1.48. The van der Waals surface area contributed by atoms with Gasteiger partial charge in [0, 0.05) is 13.5 Å². The highest BCUT2D eigenvalue weighted by molar-refractivity contribution is 5.96. The number of allylic oxidation sites excluding steroid dienone is 6. The standard InChI is InChI=1S/C22H37N3O3/c1-3-4-5-6-7-8-9-10-11-12-13-14-15-16-17-18-20(26)24-22(23)25(2)19-21(27)28/h7-8,10-11,13-14H,3-6,9,12,15-19H2,1-2H3,(H,27,28)(H2,23,24,26)/b8-7-,11-10-,14-13-. The summed E-state index contributed by atoms with van der Waals surface area (Å²) >= 11 is 0. The maximum atomic E-state index is 11.7. The molecule has 3 N–H and O–H groups in total. The molecule has 0 bridgehead atoms. The Morgan fingerprint density at radius 1 is 0.929 bits per heavy atom. The molecule has 0 radical (unpaired) electrons. The molecule has 0 saturated heterocycles. The maximum absolute atomic E-state index is 11.7. The van der Waals surface area contributed by atoms with Crippen molar-refractivity contribution < 1.29 is 14.7 Å². The minimum absolute atomic E-state index is 0.185. The van der Waals surface area contributed by atoms with Crippen molar-refractivity contribution in [3.8, 4) is 0 Å². The van der Waals surface area contributed by atoms with E-state index in [1.54, 1.807) is 0 Å². The number of hydrogen-bond donors (Lipinski definition) is 3. The highest BCUT2D eigenvalue weighted by Gasteiger charge is 2.11. The highest BCUT2D eigenvalue weighted by Crippen LogP contribution is 2.03. The number of guanidine groups is 1. The van der Waals surface area contributed by atoms with Gasteiger partial charge in [-0.2, -0.15) is 0 Å². The van der Waals surface area contributed by atoms with E-state index in [0.717, 1.165) is 32.1 Å². The zero-order valence-corrected chi connectivity index (χ0v) is 17.5. The lowest BCUT2D eigenvalue weighted by atomic mass is 10.1. The van der Waals surface area contributed by atoms with Crippen LogP contribution in [0.5, 0.6) is 0 Å². The number of carboxylic acid groups (broad SMARTS) is 1. The second-order valence-electron chi connectivity index (χ2n) is 6.77. The molecule has 28 heavy (non-hydrogen) atoms. The summed E-state index contributed by atoms with van der Waals surface area (Å²) in [7, 11) is 1.46. The zero-order valence-electron chi connectivity index (χ0n) is 17.5. The lowest BCUT2D eigenvalue weighted by molar-refractivity contribution is -0.137. The molecule has 0 aromatic heterocycles. The van der Waals surface area contributed by atoms with Crippen LogP contribution in [-0.4, -0.2) is 41.4 Å². The van der Waals surface area contributed by atoms with Crippen LogP contribution in [0.1, 0.15) is 71.1 Å². The average Bonchev–Trinajstić information content (AvgIpc) is 2.64. The average molecular weight is 392 g/mol. The highest BCUT2D eigenvalue weighted by atomic mass is 16.4. The topological polar surface area (TPSA) is 93.5 Å². The smallest absolute Gasteiger partial charge is 0.323 e. The number of aliphatic carboxylic acids is 1. The second kappa shape index (κ2) is 18.0. The molecule has 0 aliphatic heterocycles. The fourth-order valence-corrected chi connectivity index (χ4v) is 2.41. The molecule has 6 nitrogen and oxygen atoms in total. The van der Waals surface area contributed by atoms with Crippen LogP contribution in [0.3, 0.4) is 0 Å². The maximum Gasteiger partial charge on any atom is 0.323 e. The third-order valence-electron chi connectivity index (χ3n) is 4.06. The Morgan fingerprint density at radius 2 is 1.46 bits per heavy atom. The predicted molar refractivity (Wildman–Crippen MR) is 115 cm³/mol. The van der Waals surface area contributed by atoms with Crippen LogP contribution in [0.4, 0.5) is 0 Å². The van der Waals surface area contributed by atoms with Gasteiger partial charge in [-0.25, -0.2) is 0 Å². The van der Waals surface area contributed by atoms with E-state index in [-0.39, 0.29) is 18.4 Å². The van der Waals surface area contributed by atoms with Crippen molar-refractivity contribution in [1.82, 2.24) is 10.2 Å². The van der Waals surface area contributed by atoms with Crippen LogP contribution in [-0.2, 0) is 9.59 Å². The normalized spacial score (nSPS) is 11.5. The quantitative estimate of drug-likeness (QED) is 0.164. The van der Waals surface area contributed by atoms with Crippen LogP contribution in [0.2, 0.25) is 0 Å². The molecule has 0 unspecified atom stereocenters. The van der Waals surface area contributed by atoms with Crippen molar-refractivity contribution >= 4 is 17.8 Å². The van der Waals surface area contributed by atoms with E-state index in [2.05, 4.69) is 48.7 Å². The van der Waals surface area contributed by atoms with Gasteiger partial charge in [-0.05, 0) is 44.9 Å². The number of hydrogen-bond acceptors (Lipinski definition) is 3. The SMILES string of the molecule is CCCCC/C=C\C/C=C\C/C=C\CCCCC(=O)NC(=N)N(C)CC(=O)O. The van der Waals surface area contributed by atoms with E-state index in [0.29, 0.717) is 6.42 Å². The predicted octanol–water partition coefficient (Wildman–Crippen LogP) is 4.64. The summed E-state index contributed by atoms with van der Waals surface area (Å²) in [6.45, 7) is 1.91. The third kappa shape index (κ3) is 17.1. The number of unbranched alkanes of at least 4 members (excludes halogenated alkanes) is 5. The molecular weight excluding hydrogens is 354 g/mol. The molecular formula is C22H37N3O3. The Hall–Kier alpha value is -2.37. The van der Waals surface area contributed by atoms with Gasteiger partial charge in [-0.15, -0.1) is 0 Å².